The number of piperazine rings is 1. The van der Waals surface area contributed by atoms with Crippen LogP contribution in [0.15, 0.2) is 54.7 Å². The van der Waals surface area contributed by atoms with Crippen LogP contribution < -0.4 is 24.6 Å². The Morgan fingerprint density at radius 1 is 1.05 bits per heavy atom. The highest BCUT2D eigenvalue weighted by atomic mass is 16.5. The van der Waals surface area contributed by atoms with Crippen molar-refractivity contribution >= 4 is 29.2 Å². The zero-order chi connectivity index (χ0) is 26.4. The van der Waals surface area contributed by atoms with Crippen LogP contribution in [-0.4, -0.2) is 72.5 Å². The van der Waals surface area contributed by atoms with Crippen LogP contribution in [0.3, 0.4) is 0 Å². The highest BCUT2D eigenvalue weighted by Gasteiger charge is 2.21. The second-order valence-electron chi connectivity index (χ2n) is 9.07. The van der Waals surface area contributed by atoms with Gasteiger partial charge < -0.3 is 24.8 Å². The molecule has 37 heavy (non-hydrogen) atoms. The monoisotopic (exact) mass is 506 g/mol. The number of carbonyl (C=O) groups is 1. The van der Waals surface area contributed by atoms with Gasteiger partial charge in [-0.25, -0.2) is 9.78 Å². The van der Waals surface area contributed by atoms with E-state index in [2.05, 4.69) is 51.1 Å². The number of benzene rings is 2. The lowest BCUT2D eigenvalue weighted by Gasteiger charge is -2.38. The minimum absolute atomic E-state index is 0.0327. The Hall–Kier alpha value is -4.05. The van der Waals surface area contributed by atoms with Gasteiger partial charge in [0.05, 0.1) is 20.8 Å². The quantitative estimate of drug-likeness (QED) is 0.436. The summed E-state index contributed by atoms with van der Waals surface area (Å²) < 4.78 is 10.7. The molecular weight excluding hydrogens is 472 g/mol. The molecule has 3 aromatic rings. The van der Waals surface area contributed by atoms with Crippen molar-refractivity contribution in [1.82, 2.24) is 14.9 Å². The van der Waals surface area contributed by atoms with Gasteiger partial charge in [-0.1, -0.05) is 0 Å². The van der Waals surface area contributed by atoms with E-state index in [0.717, 1.165) is 36.8 Å². The molecule has 10 nitrogen and oxygen atoms in total. The van der Waals surface area contributed by atoms with Crippen LogP contribution in [0, 0.1) is 0 Å². The number of nitrogens with zero attached hydrogens (tertiary/aromatic N) is 5. The average Bonchev–Trinajstić information content (AvgIpc) is 2.92. The third-order valence-corrected chi connectivity index (χ3v) is 6.50. The number of nitrogens with one attached hydrogen (secondary N) is 1. The fraction of sp³-hybridized carbons (Fsp3) is 0.370. The Morgan fingerprint density at radius 3 is 2.41 bits per heavy atom. The minimum Gasteiger partial charge on any atom is -0.497 e. The summed E-state index contributed by atoms with van der Waals surface area (Å²) in [4.78, 5) is 26.9. The van der Waals surface area contributed by atoms with Crippen molar-refractivity contribution in [3.8, 4) is 11.5 Å². The SMILES string of the molecule is COc1ccc(OC)c(CN(C(=O)O)c2ccnc(Nc3ccc(N4CCN(C(C)C)CC4)cc3)n2)c1. The molecule has 1 fully saturated rings. The van der Waals surface area contributed by atoms with Gasteiger partial charge in [0.25, 0.3) is 0 Å². The summed E-state index contributed by atoms with van der Waals surface area (Å²) in [7, 11) is 3.10. The molecule has 0 radical (unpaired) electrons. The first-order valence-corrected chi connectivity index (χ1v) is 12.3. The number of carboxylic acid groups (broad SMARTS) is 1. The number of hydrogen-bond donors (Lipinski definition) is 2. The number of hydrogen-bond acceptors (Lipinski definition) is 8. The number of rotatable bonds is 9. The van der Waals surface area contributed by atoms with Crippen LogP contribution >= 0.6 is 0 Å². The van der Waals surface area contributed by atoms with E-state index in [1.807, 2.05) is 12.1 Å². The van der Waals surface area contributed by atoms with Gasteiger partial charge in [0.15, 0.2) is 0 Å². The molecule has 1 amide bonds. The number of aromatic nitrogens is 2. The van der Waals surface area contributed by atoms with Gasteiger partial charge >= 0.3 is 6.09 Å². The van der Waals surface area contributed by atoms with Crippen LogP contribution in [0.5, 0.6) is 11.5 Å². The maximum Gasteiger partial charge on any atom is 0.413 e. The van der Waals surface area contributed by atoms with Gasteiger partial charge in [-0.15, -0.1) is 0 Å². The molecule has 0 saturated carbocycles. The van der Waals surface area contributed by atoms with Gasteiger partial charge in [0, 0.05) is 55.4 Å². The predicted octanol–water partition coefficient (Wildman–Crippen LogP) is 4.45. The molecule has 1 aliphatic heterocycles. The lowest BCUT2D eigenvalue weighted by Crippen LogP contribution is -2.48. The summed E-state index contributed by atoms with van der Waals surface area (Å²) >= 11 is 0. The second-order valence-corrected chi connectivity index (χ2v) is 9.07. The molecule has 2 N–H and O–H groups in total. The first-order valence-electron chi connectivity index (χ1n) is 12.3. The van der Waals surface area contributed by atoms with E-state index in [4.69, 9.17) is 9.47 Å². The summed E-state index contributed by atoms with van der Waals surface area (Å²) in [6.45, 7) is 8.61. The predicted molar refractivity (Wildman–Crippen MR) is 144 cm³/mol. The molecule has 10 heteroatoms. The van der Waals surface area contributed by atoms with E-state index < -0.39 is 6.09 Å². The van der Waals surface area contributed by atoms with Gasteiger partial charge in [-0.2, -0.15) is 4.98 Å². The molecule has 196 valence electrons. The summed E-state index contributed by atoms with van der Waals surface area (Å²) in [6, 6.07) is 15.5. The van der Waals surface area contributed by atoms with Crippen molar-refractivity contribution in [3.63, 3.8) is 0 Å². The van der Waals surface area contributed by atoms with Gasteiger partial charge in [-0.3, -0.25) is 9.80 Å². The standard InChI is InChI=1S/C27H34N6O4/c1-19(2)31-13-15-32(16-14-31)22-7-5-21(6-8-22)29-26-28-12-11-25(30-26)33(27(34)35)18-20-17-23(36-3)9-10-24(20)37-4/h5-12,17,19H,13-16,18H2,1-4H3,(H,34,35)(H,28,29,30). The number of ether oxygens (including phenoxy) is 2. The highest BCUT2D eigenvalue weighted by Crippen LogP contribution is 2.28. The smallest absolute Gasteiger partial charge is 0.413 e. The maximum absolute atomic E-state index is 12.1. The topological polar surface area (TPSA) is 103 Å². The van der Waals surface area contributed by atoms with Crippen LogP contribution in [0.1, 0.15) is 19.4 Å². The van der Waals surface area contributed by atoms with Crippen molar-refractivity contribution in [3.05, 3.63) is 60.3 Å². The molecule has 1 aromatic heterocycles. The third-order valence-electron chi connectivity index (χ3n) is 6.50. The Bertz CT molecular complexity index is 1200. The average molecular weight is 507 g/mol. The van der Waals surface area contributed by atoms with Gasteiger partial charge in [-0.05, 0) is 62.4 Å². The van der Waals surface area contributed by atoms with Crippen molar-refractivity contribution in [2.75, 3.05) is 55.5 Å². The molecule has 4 rings (SSSR count). The molecule has 1 aliphatic rings. The van der Waals surface area contributed by atoms with Gasteiger partial charge in [0.2, 0.25) is 5.95 Å². The van der Waals surface area contributed by atoms with Crippen molar-refractivity contribution in [2.45, 2.75) is 26.4 Å². The van der Waals surface area contributed by atoms with E-state index in [1.54, 1.807) is 38.5 Å². The van der Waals surface area contributed by atoms with Crippen LogP contribution in [0.2, 0.25) is 0 Å². The van der Waals surface area contributed by atoms with E-state index in [0.29, 0.717) is 29.1 Å². The summed E-state index contributed by atoms with van der Waals surface area (Å²) in [5.41, 5.74) is 2.65. The van der Waals surface area contributed by atoms with Crippen LogP contribution in [0.4, 0.5) is 27.9 Å². The molecular formula is C27H34N6O4. The Kier molecular flexibility index (Phi) is 8.29. The fourth-order valence-corrected chi connectivity index (χ4v) is 4.36. The maximum atomic E-state index is 12.1. The third kappa shape index (κ3) is 6.39. The van der Waals surface area contributed by atoms with Crippen molar-refractivity contribution < 1.29 is 19.4 Å². The number of methoxy groups -OCH3 is 2. The molecule has 0 bridgehead atoms. The van der Waals surface area contributed by atoms with E-state index in [1.165, 1.54) is 11.9 Å². The summed E-state index contributed by atoms with van der Waals surface area (Å²) in [6.07, 6.45) is 0.392. The molecule has 0 spiro atoms. The van der Waals surface area contributed by atoms with E-state index >= 15 is 0 Å². The van der Waals surface area contributed by atoms with E-state index in [9.17, 15) is 9.90 Å². The number of amides is 1. The molecule has 1 saturated heterocycles. The molecule has 0 unspecified atom stereocenters. The highest BCUT2D eigenvalue weighted by molar-refractivity contribution is 5.85. The minimum atomic E-state index is -1.14. The Balaban J connectivity index is 1.46. The zero-order valence-electron chi connectivity index (χ0n) is 21.7. The first kappa shape index (κ1) is 26.0. The second kappa shape index (κ2) is 11.8. The summed E-state index contributed by atoms with van der Waals surface area (Å²) in [5, 5.41) is 13.1. The number of anilines is 4. The summed E-state index contributed by atoms with van der Waals surface area (Å²) in [5.74, 6) is 1.72. The first-order chi connectivity index (χ1) is 17.9. The Labute approximate surface area is 217 Å². The Morgan fingerprint density at radius 2 is 1.78 bits per heavy atom. The molecule has 2 heterocycles. The zero-order valence-corrected chi connectivity index (χ0v) is 21.7. The molecule has 0 atom stereocenters. The molecule has 0 aliphatic carbocycles. The lowest BCUT2D eigenvalue weighted by atomic mass is 10.1. The fourth-order valence-electron chi connectivity index (χ4n) is 4.36. The van der Waals surface area contributed by atoms with Crippen molar-refractivity contribution in [2.24, 2.45) is 0 Å². The lowest BCUT2D eigenvalue weighted by molar-refractivity contribution is 0.201. The molecule has 2 aromatic carbocycles. The van der Waals surface area contributed by atoms with E-state index in [-0.39, 0.29) is 12.4 Å². The van der Waals surface area contributed by atoms with Gasteiger partial charge in [0.1, 0.15) is 17.3 Å². The normalized spacial score (nSPS) is 13.9. The van der Waals surface area contributed by atoms with Crippen LogP contribution in [-0.2, 0) is 6.54 Å². The van der Waals surface area contributed by atoms with Crippen LogP contribution in [0.25, 0.3) is 0 Å². The van der Waals surface area contributed by atoms with Crippen molar-refractivity contribution in [1.29, 1.82) is 0 Å². The largest absolute Gasteiger partial charge is 0.497 e.